The molecule has 0 aromatic carbocycles. The molecule has 0 aromatic heterocycles. The molecule has 0 aromatic rings. The summed E-state index contributed by atoms with van der Waals surface area (Å²) in [6.07, 6.45) is 15.5. The van der Waals surface area contributed by atoms with Gasteiger partial charge in [-0.25, -0.2) is 13.1 Å². The van der Waals surface area contributed by atoms with Gasteiger partial charge in [-0.1, -0.05) is 91.4 Å². The lowest BCUT2D eigenvalue weighted by molar-refractivity contribution is -0.170. The van der Waals surface area contributed by atoms with Gasteiger partial charge in [0.05, 0.1) is 18.4 Å². The molecule has 0 saturated carbocycles. The molecule has 0 spiro atoms. The van der Waals surface area contributed by atoms with E-state index >= 15 is 0 Å². The van der Waals surface area contributed by atoms with Crippen molar-refractivity contribution in [3.05, 3.63) is 0 Å². The van der Waals surface area contributed by atoms with Gasteiger partial charge in [-0.15, -0.1) is 0 Å². The van der Waals surface area contributed by atoms with Crippen molar-refractivity contribution in [2.24, 2.45) is 5.92 Å². The zero-order valence-electron chi connectivity index (χ0n) is 22.3. The van der Waals surface area contributed by atoms with Gasteiger partial charge >= 0.3 is 5.97 Å². The molecule has 202 valence electrons. The number of rotatable bonds is 21. The Morgan fingerprint density at radius 1 is 0.971 bits per heavy atom. The molecule has 0 unspecified atom stereocenters. The van der Waals surface area contributed by atoms with Crippen LogP contribution < -0.4 is 10.0 Å². The minimum absolute atomic E-state index is 0.112. The first-order valence-electron chi connectivity index (χ1n) is 13.8. The van der Waals surface area contributed by atoms with Crippen molar-refractivity contribution in [2.75, 3.05) is 18.9 Å². The summed E-state index contributed by atoms with van der Waals surface area (Å²) < 4.78 is 38.9. The normalized spacial score (nSPS) is 19.6. The molecule has 0 aliphatic carbocycles. The first-order chi connectivity index (χ1) is 16.2. The molecule has 0 amide bonds. The number of unbranched alkanes of at least 4 members (excludes halogenated alkanes) is 11. The first-order valence-corrected chi connectivity index (χ1v) is 15.4. The summed E-state index contributed by atoms with van der Waals surface area (Å²) in [5.74, 6) is 0.174. The molecule has 1 fully saturated rings. The molecular formula is C26H52N2O5S. The van der Waals surface area contributed by atoms with Crippen LogP contribution in [0.3, 0.4) is 0 Å². The summed E-state index contributed by atoms with van der Waals surface area (Å²) in [6.45, 7) is 8.80. The minimum atomic E-state index is -3.32. The SMILES string of the molecule is CCCCCCCCCCCCCCS(=O)(=O)N[C@@H](CN[C@H]1CCO[C@H]1OC(C)=O)CC(C)C. The van der Waals surface area contributed by atoms with Crippen LogP contribution in [0.15, 0.2) is 0 Å². The number of carbonyl (C=O) groups excluding carboxylic acids is 1. The van der Waals surface area contributed by atoms with Gasteiger partial charge in [-0.05, 0) is 25.2 Å². The third kappa shape index (κ3) is 16.1. The highest BCUT2D eigenvalue weighted by Gasteiger charge is 2.31. The smallest absolute Gasteiger partial charge is 0.304 e. The average Bonchev–Trinajstić information content (AvgIpc) is 3.18. The zero-order chi connectivity index (χ0) is 25.2. The number of ether oxygens (including phenoxy) is 2. The molecule has 0 radical (unpaired) electrons. The molecule has 1 rings (SSSR count). The second-order valence-electron chi connectivity index (χ2n) is 10.3. The number of sulfonamides is 1. The summed E-state index contributed by atoms with van der Waals surface area (Å²) in [4.78, 5) is 11.3. The fraction of sp³-hybridized carbons (Fsp3) is 0.962. The van der Waals surface area contributed by atoms with Crippen molar-refractivity contribution >= 4 is 16.0 Å². The number of carbonyl (C=O) groups is 1. The standard InChI is InChI=1S/C26H52N2O5S/c1-5-6-7-8-9-10-11-12-13-14-15-16-19-34(30,31)28-24(20-22(2)3)21-27-25-17-18-32-26(25)33-23(4)29/h22,24-28H,5-21H2,1-4H3/t24-,25+,26+/m1/s1. The molecule has 7 nitrogen and oxygen atoms in total. The molecule has 1 saturated heterocycles. The lowest BCUT2D eigenvalue weighted by Crippen LogP contribution is -2.48. The molecule has 2 N–H and O–H groups in total. The Balaban J connectivity index is 2.25. The molecule has 1 aliphatic rings. The summed E-state index contributed by atoms with van der Waals surface area (Å²) in [5, 5.41) is 3.35. The van der Waals surface area contributed by atoms with E-state index < -0.39 is 16.3 Å². The van der Waals surface area contributed by atoms with Gasteiger partial charge in [0.1, 0.15) is 0 Å². The number of hydrogen-bond acceptors (Lipinski definition) is 6. The van der Waals surface area contributed by atoms with E-state index in [4.69, 9.17) is 9.47 Å². The van der Waals surface area contributed by atoms with Crippen molar-refractivity contribution in [2.45, 2.75) is 136 Å². The molecule has 0 bridgehead atoms. The highest BCUT2D eigenvalue weighted by Crippen LogP contribution is 2.16. The minimum Gasteiger partial charge on any atom is -0.434 e. The van der Waals surface area contributed by atoms with Gasteiger partial charge in [-0.3, -0.25) is 4.79 Å². The van der Waals surface area contributed by atoms with Crippen molar-refractivity contribution < 1.29 is 22.7 Å². The summed E-state index contributed by atoms with van der Waals surface area (Å²) in [7, 11) is -3.32. The van der Waals surface area contributed by atoms with Crippen LogP contribution >= 0.6 is 0 Å². The van der Waals surface area contributed by atoms with Crippen LogP contribution in [0.25, 0.3) is 0 Å². The Kier molecular flexibility index (Phi) is 17.1. The van der Waals surface area contributed by atoms with Gasteiger partial charge in [-0.2, -0.15) is 0 Å². The zero-order valence-corrected chi connectivity index (χ0v) is 23.1. The largest absolute Gasteiger partial charge is 0.434 e. The molecule has 34 heavy (non-hydrogen) atoms. The maximum absolute atomic E-state index is 12.7. The number of hydrogen-bond donors (Lipinski definition) is 2. The third-order valence-electron chi connectivity index (χ3n) is 6.32. The van der Waals surface area contributed by atoms with E-state index in [-0.39, 0.29) is 23.8 Å². The van der Waals surface area contributed by atoms with E-state index in [1.165, 1.54) is 64.7 Å². The number of nitrogens with one attached hydrogen (secondary N) is 2. The Morgan fingerprint density at radius 3 is 2.06 bits per heavy atom. The van der Waals surface area contributed by atoms with Crippen molar-refractivity contribution in [1.82, 2.24) is 10.0 Å². The van der Waals surface area contributed by atoms with Crippen molar-refractivity contribution in [1.29, 1.82) is 0 Å². The second-order valence-corrected chi connectivity index (χ2v) is 12.2. The van der Waals surface area contributed by atoms with Crippen LogP contribution in [0.5, 0.6) is 0 Å². The molecule has 1 heterocycles. The maximum Gasteiger partial charge on any atom is 0.304 e. The van der Waals surface area contributed by atoms with Crippen molar-refractivity contribution in [3.8, 4) is 0 Å². The Bertz CT molecular complexity index is 627. The fourth-order valence-corrected chi connectivity index (χ4v) is 5.91. The van der Waals surface area contributed by atoms with Crippen LogP contribution in [-0.4, -0.2) is 51.7 Å². The topological polar surface area (TPSA) is 93.7 Å². The fourth-order valence-electron chi connectivity index (χ4n) is 4.52. The third-order valence-corrected chi connectivity index (χ3v) is 7.84. The molecule has 1 aliphatic heterocycles. The van der Waals surface area contributed by atoms with Crippen LogP contribution in [0.2, 0.25) is 0 Å². The van der Waals surface area contributed by atoms with Crippen LogP contribution in [-0.2, 0) is 24.3 Å². The summed E-state index contributed by atoms with van der Waals surface area (Å²) >= 11 is 0. The van der Waals surface area contributed by atoms with E-state index in [1.807, 2.05) is 0 Å². The highest BCUT2D eigenvalue weighted by atomic mass is 32.2. The van der Waals surface area contributed by atoms with Gasteiger partial charge in [0, 0.05) is 19.5 Å². The predicted octanol–water partition coefficient (Wildman–Crippen LogP) is 5.29. The lowest BCUT2D eigenvalue weighted by Gasteiger charge is -2.25. The highest BCUT2D eigenvalue weighted by molar-refractivity contribution is 7.89. The average molecular weight is 505 g/mol. The van der Waals surface area contributed by atoms with Crippen LogP contribution in [0.4, 0.5) is 0 Å². The second kappa shape index (κ2) is 18.6. The van der Waals surface area contributed by atoms with Crippen LogP contribution in [0, 0.1) is 5.92 Å². The predicted molar refractivity (Wildman–Crippen MR) is 139 cm³/mol. The van der Waals surface area contributed by atoms with E-state index in [0.29, 0.717) is 25.5 Å². The van der Waals surface area contributed by atoms with Gasteiger partial charge in [0.2, 0.25) is 16.3 Å². The Hall–Kier alpha value is -0.700. The van der Waals surface area contributed by atoms with E-state index in [0.717, 1.165) is 25.7 Å². The summed E-state index contributed by atoms with van der Waals surface area (Å²) in [5.41, 5.74) is 0. The molecular weight excluding hydrogens is 452 g/mol. The van der Waals surface area contributed by atoms with Crippen molar-refractivity contribution in [3.63, 3.8) is 0 Å². The Morgan fingerprint density at radius 2 is 1.53 bits per heavy atom. The van der Waals surface area contributed by atoms with Gasteiger partial charge < -0.3 is 14.8 Å². The van der Waals surface area contributed by atoms with E-state index in [9.17, 15) is 13.2 Å². The Labute approximate surface area is 209 Å². The monoisotopic (exact) mass is 504 g/mol. The van der Waals surface area contributed by atoms with Gasteiger partial charge in [0.15, 0.2) is 0 Å². The van der Waals surface area contributed by atoms with Gasteiger partial charge in [0.25, 0.3) is 0 Å². The van der Waals surface area contributed by atoms with Crippen LogP contribution in [0.1, 0.15) is 118 Å². The molecule has 8 heteroatoms. The van der Waals surface area contributed by atoms with E-state index in [1.54, 1.807) is 0 Å². The quantitative estimate of drug-likeness (QED) is 0.163. The maximum atomic E-state index is 12.7. The first kappa shape index (κ1) is 31.3. The summed E-state index contributed by atoms with van der Waals surface area (Å²) in [6, 6.07) is -0.305. The van der Waals surface area contributed by atoms with E-state index in [2.05, 4.69) is 30.8 Å². The molecule has 3 atom stereocenters. The lowest BCUT2D eigenvalue weighted by atomic mass is 10.0. The number of esters is 1.